The number of carboxylic acids is 1. The number of nitrogens with zero attached hydrogens (tertiary/aromatic N) is 1. The summed E-state index contributed by atoms with van der Waals surface area (Å²) in [5.41, 5.74) is 1.22. The lowest BCUT2D eigenvalue weighted by atomic mass is 9.99. The summed E-state index contributed by atoms with van der Waals surface area (Å²) in [6.07, 6.45) is 1.92. The van der Waals surface area contributed by atoms with Gasteiger partial charge in [0.15, 0.2) is 0 Å². The molecule has 1 amide bonds. The monoisotopic (exact) mass is 295 g/mol. The largest absolute Gasteiger partial charge is 0.481 e. The van der Waals surface area contributed by atoms with Crippen molar-refractivity contribution in [3.05, 3.63) is 34.9 Å². The van der Waals surface area contributed by atoms with Crippen LogP contribution in [-0.4, -0.2) is 35.0 Å². The summed E-state index contributed by atoms with van der Waals surface area (Å²) in [5.74, 6) is -0.522. The van der Waals surface area contributed by atoms with E-state index in [4.69, 9.17) is 16.7 Å². The van der Waals surface area contributed by atoms with Crippen LogP contribution in [0.15, 0.2) is 24.3 Å². The van der Waals surface area contributed by atoms with E-state index in [-0.39, 0.29) is 18.7 Å². The fraction of sp³-hybridized carbons (Fsp3) is 0.467. The molecular formula is C15H18ClNO3. The fourth-order valence-corrected chi connectivity index (χ4v) is 2.68. The molecule has 1 aromatic rings. The van der Waals surface area contributed by atoms with E-state index < -0.39 is 5.97 Å². The van der Waals surface area contributed by atoms with Gasteiger partial charge in [0, 0.05) is 24.5 Å². The molecular weight excluding hydrogens is 278 g/mol. The van der Waals surface area contributed by atoms with Crippen LogP contribution in [-0.2, 0) is 16.0 Å². The normalized spacial score (nSPS) is 18.2. The van der Waals surface area contributed by atoms with Crippen molar-refractivity contribution in [2.75, 3.05) is 13.1 Å². The molecule has 1 unspecified atom stereocenters. The first-order valence-electron chi connectivity index (χ1n) is 6.78. The fourth-order valence-electron chi connectivity index (χ4n) is 2.55. The minimum Gasteiger partial charge on any atom is -0.481 e. The maximum atomic E-state index is 11.8. The highest BCUT2D eigenvalue weighted by Gasteiger charge is 2.26. The van der Waals surface area contributed by atoms with E-state index in [0.717, 1.165) is 31.0 Å². The summed E-state index contributed by atoms with van der Waals surface area (Å²) < 4.78 is 0. The lowest BCUT2D eigenvalue weighted by molar-refractivity contribution is -0.140. The highest BCUT2D eigenvalue weighted by molar-refractivity contribution is 6.30. The zero-order chi connectivity index (χ0) is 14.5. The quantitative estimate of drug-likeness (QED) is 0.908. The van der Waals surface area contributed by atoms with Crippen molar-refractivity contribution in [1.82, 2.24) is 4.90 Å². The van der Waals surface area contributed by atoms with Gasteiger partial charge in [-0.25, -0.2) is 0 Å². The maximum absolute atomic E-state index is 11.8. The second-order valence-electron chi connectivity index (χ2n) is 5.22. The molecule has 4 nitrogen and oxygen atoms in total. The van der Waals surface area contributed by atoms with Gasteiger partial charge in [-0.15, -0.1) is 0 Å². The van der Waals surface area contributed by atoms with Gasteiger partial charge in [0.2, 0.25) is 5.91 Å². The van der Waals surface area contributed by atoms with Crippen LogP contribution in [0.25, 0.3) is 0 Å². The summed E-state index contributed by atoms with van der Waals surface area (Å²) in [6.45, 7) is 1.46. The van der Waals surface area contributed by atoms with Gasteiger partial charge in [0.05, 0.1) is 6.42 Å². The smallest absolute Gasteiger partial charge is 0.303 e. The third kappa shape index (κ3) is 4.23. The first-order valence-corrected chi connectivity index (χ1v) is 7.16. The molecule has 2 rings (SSSR count). The number of carbonyl (C=O) groups excluding carboxylic acids is 1. The molecule has 20 heavy (non-hydrogen) atoms. The summed E-state index contributed by atoms with van der Waals surface area (Å²) in [6, 6.07) is 7.78. The lowest BCUT2D eigenvalue weighted by Crippen LogP contribution is -2.29. The van der Waals surface area contributed by atoms with Crippen LogP contribution < -0.4 is 0 Å². The molecule has 1 N–H and O–H groups in total. The Hall–Kier alpha value is -1.55. The Morgan fingerprint density at radius 1 is 1.25 bits per heavy atom. The Balaban J connectivity index is 1.81. The number of likely N-dealkylation sites (tertiary alicyclic amines) is 1. The Labute approximate surface area is 123 Å². The van der Waals surface area contributed by atoms with Crippen molar-refractivity contribution in [3.63, 3.8) is 0 Å². The number of amides is 1. The van der Waals surface area contributed by atoms with Crippen LogP contribution in [0.3, 0.4) is 0 Å². The second kappa shape index (κ2) is 6.75. The number of benzene rings is 1. The summed E-state index contributed by atoms with van der Waals surface area (Å²) in [7, 11) is 0. The van der Waals surface area contributed by atoms with Crippen molar-refractivity contribution < 1.29 is 14.7 Å². The zero-order valence-corrected chi connectivity index (χ0v) is 12.0. The average molecular weight is 296 g/mol. The summed E-state index contributed by atoms with van der Waals surface area (Å²) in [4.78, 5) is 24.1. The first kappa shape index (κ1) is 14.9. The van der Waals surface area contributed by atoms with Gasteiger partial charge in [-0.05, 0) is 36.5 Å². The van der Waals surface area contributed by atoms with E-state index >= 15 is 0 Å². The molecule has 1 aromatic carbocycles. The molecule has 1 fully saturated rings. The van der Waals surface area contributed by atoms with Crippen molar-refractivity contribution in [2.45, 2.75) is 25.7 Å². The molecule has 0 aliphatic carbocycles. The van der Waals surface area contributed by atoms with Crippen molar-refractivity contribution in [1.29, 1.82) is 0 Å². The SMILES string of the molecule is O=C(O)CCC(=O)N1CCC(Cc2ccc(Cl)cc2)C1. The maximum Gasteiger partial charge on any atom is 0.303 e. The molecule has 1 heterocycles. The zero-order valence-electron chi connectivity index (χ0n) is 11.2. The van der Waals surface area contributed by atoms with Gasteiger partial charge in [-0.1, -0.05) is 23.7 Å². The van der Waals surface area contributed by atoms with Crippen LogP contribution in [0, 0.1) is 5.92 Å². The Kier molecular flexibility index (Phi) is 5.01. The highest BCUT2D eigenvalue weighted by atomic mass is 35.5. The van der Waals surface area contributed by atoms with Gasteiger partial charge in [-0.2, -0.15) is 0 Å². The Morgan fingerprint density at radius 3 is 2.60 bits per heavy atom. The molecule has 0 spiro atoms. The van der Waals surface area contributed by atoms with E-state index in [0.29, 0.717) is 5.92 Å². The number of aliphatic carboxylic acids is 1. The predicted octanol–water partition coefficient (Wildman–Crippen LogP) is 2.60. The average Bonchev–Trinajstić information content (AvgIpc) is 2.87. The molecule has 1 aliphatic heterocycles. The van der Waals surface area contributed by atoms with Crippen molar-refractivity contribution >= 4 is 23.5 Å². The molecule has 1 atom stereocenters. The van der Waals surface area contributed by atoms with Crippen LogP contribution in [0.4, 0.5) is 0 Å². The van der Waals surface area contributed by atoms with E-state index in [2.05, 4.69) is 0 Å². The predicted molar refractivity (Wildman–Crippen MR) is 76.7 cm³/mol. The molecule has 1 aliphatic rings. The number of hydrogen-bond acceptors (Lipinski definition) is 2. The second-order valence-corrected chi connectivity index (χ2v) is 5.66. The minimum atomic E-state index is -0.921. The van der Waals surface area contributed by atoms with E-state index in [1.54, 1.807) is 4.90 Å². The highest BCUT2D eigenvalue weighted by Crippen LogP contribution is 2.22. The molecule has 0 aromatic heterocycles. The van der Waals surface area contributed by atoms with Crippen molar-refractivity contribution in [2.24, 2.45) is 5.92 Å². The van der Waals surface area contributed by atoms with Gasteiger partial charge < -0.3 is 10.0 Å². The van der Waals surface area contributed by atoms with Gasteiger partial charge in [0.1, 0.15) is 0 Å². The number of halogens is 1. The van der Waals surface area contributed by atoms with Gasteiger partial charge in [-0.3, -0.25) is 9.59 Å². The Bertz CT molecular complexity index is 486. The third-order valence-corrected chi connectivity index (χ3v) is 3.88. The summed E-state index contributed by atoms with van der Waals surface area (Å²) >= 11 is 5.85. The van der Waals surface area contributed by atoms with E-state index in [1.165, 1.54) is 5.56 Å². The van der Waals surface area contributed by atoms with Crippen LogP contribution in [0.5, 0.6) is 0 Å². The van der Waals surface area contributed by atoms with Gasteiger partial charge >= 0.3 is 5.97 Å². The van der Waals surface area contributed by atoms with Gasteiger partial charge in [0.25, 0.3) is 0 Å². The van der Waals surface area contributed by atoms with Crippen LogP contribution in [0.1, 0.15) is 24.8 Å². The number of carbonyl (C=O) groups is 2. The van der Waals surface area contributed by atoms with Crippen LogP contribution >= 0.6 is 11.6 Å². The molecule has 108 valence electrons. The molecule has 0 saturated carbocycles. The number of hydrogen-bond donors (Lipinski definition) is 1. The Morgan fingerprint density at radius 2 is 1.95 bits per heavy atom. The molecule has 0 bridgehead atoms. The van der Waals surface area contributed by atoms with Crippen molar-refractivity contribution in [3.8, 4) is 0 Å². The number of carboxylic acid groups (broad SMARTS) is 1. The minimum absolute atomic E-state index is 0.0500. The molecule has 5 heteroatoms. The van der Waals surface area contributed by atoms with E-state index in [9.17, 15) is 9.59 Å². The third-order valence-electron chi connectivity index (χ3n) is 3.63. The van der Waals surface area contributed by atoms with Crippen LogP contribution in [0.2, 0.25) is 5.02 Å². The topological polar surface area (TPSA) is 57.6 Å². The standard InChI is InChI=1S/C15H18ClNO3/c16-13-3-1-11(2-4-13)9-12-7-8-17(10-12)14(18)5-6-15(19)20/h1-4,12H,5-10H2,(H,19,20). The molecule has 0 radical (unpaired) electrons. The molecule has 1 saturated heterocycles. The van der Waals surface area contributed by atoms with E-state index in [1.807, 2.05) is 24.3 Å². The first-order chi connectivity index (χ1) is 9.54. The number of rotatable bonds is 5. The lowest BCUT2D eigenvalue weighted by Gasteiger charge is -2.16. The summed E-state index contributed by atoms with van der Waals surface area (Å²) in [5, 5.41) is 9.32.